The summed E-state index contributed by atoms with van der Waals surface area (Å²) in [7, 11) is -3.10. The zero-order chi connectivity index (χ0) is 24.3. The number of nitro groups is 1. The quantitative estimate of drug-likeness (QED) is 0.418. The highest BCUT2D eigenvalue weighted by Crippen LogP contribution is 2.28. The number of nitrogens with one attached hydrogen (secondary N) is 1. The van der Waals surface area contributed by atoms with Crippen LogP contribution in [0.4, 0.5) is 14.9 Å². The van der Waals surface area contributed by atoms with Crippen molar-refractivity contribution < 1.29 is 27.3 Å². The van der Waals surface area contributed by atoms with Crippen LogP contribution in [0.2, 0.25) is 0 Å². The standard InChI is InChI=1S/C20H23BrFN3O6S/c1-20(2,3)31-19(26)23-16(13-9-14(21)11-15(22)10-13)12-24(4)32(29,30)18-8-6-5-7-17(18)25(27)28/h5-11,16H,12H2,1-4H3,(H,23,26). The molecule has 0 aromatic heterocycles. The Morgan fingerprint density at radius 2 is 1.91 bits per heavy atom. The van der Waals surface area contributed by atoms with Crippen LogP contribution in [0.5, 0.6) is 0 Å². The average molecular weight is 532 g/mol. The second-order valence-electron chi connectivity index (χ2n) is 7.91. The van der Waals surface area contributed by atoms with E-state index in [9.17, 15) is 27.7 Å². The number of hydrogen-bond donors (Lipinski definition) is 1. The van der Waals surface area contributed by atoms with E-state index in [4.69, 9.17) is 4.74 Å². The first-order valence-electron chi connectivity index (χ1n) is 9.36. The molecule has 9 nitrogen and oxygen atoms in total. The van der Waals surface area contributed by atoms with E-state index in [0.29, 0.717) is 4.47 Å². The molecule has 2 aromatic rings. The minimum Gasteiger partial charge on any atom is -0.444 e. The lowest BCUT2D eigenvalue weighted by molar-refractivity contribution is -0.387. The van der Waals surface area contributed by atoms with Crippen molar-refractivity contribution in [3.63, 3.8) is 0 Å². The lowest BCUT2D eigenvalue weighted by Crippen LogP contribution is -2.41. The van der Waals surface area contributed by atoms with Crippen LogP contribution in [0.3, 0.4) is 0 Å². The Labute approximate surface area is 193 Å². The molecule has 174 valence electrons. The summed E-state index contributed by atoms with van der Waals surface area (Å²) in [6.07, 6.45) is -0.834. The van der Waals surface area contributed by atoms with Gasteiger partial charge in [0.1, 0.15) is 11.4 Å². The predicted octanol–water partition coefficient (Wildman–Crippen LogP) is 4.38. The number of sulfonamides is 1. The summed E-state index contributed by atoms with van der Waals surface area (Å²) in [6, 6.07) is 7.80. The van der Waals surface area contributed by atoms with Crippen molar-refractivity contribution in [1.82, 2.24) is 9.62 Å². The number of carbonyl (C=O) groups is 1. The zero-order valence-electron chi connectivity index (χ0n) is 17.8. The van der Waals surface area contributed by atoms with Crippen LogP contribution in [-0.4, -0.2) is 42.9 Å². The molecule has 0 heterocycles. The lowest BCUT2D eigenvalue weighted by Gasteiger charge is -2.27. The van der Waals surface area contributed by atoms with Gasteiger partial charge in [0.2, 0.25) is 10.0 Å². The van der Waals surface area contributed by atoms with E-state index >= 15 is 0 Å². The van der Waals surface area contributed by atoms with Crippen molar-refractivity contribution in [1.29, 1.82) is 0 Å². The van der Waals surface area contributed by atoms with Crippen LogP contribution in [0.25, 0.3) is 0 Å². The van der Waals surface area contributed by atoms with Gasteiger partial charge in [-0.3, -0.25) is 10.1 Å². The second kappa shape index (κ2) is 9.92. The number of carbonyl (C=O) groups excluding carboxylic acids is 1. The molecule has 2 aromatic carbocycles. The summed E-state index contributed by atoms with van der Waals surface area (Å²) >= 11 is 3.17. The van der Waals surface area contributed by atoms with Gasteiger partial charge in [-0.05, 0) is 50.6 Å². The number of nitro benzene ring substituents is 1. The van der Waals surface area contributed by atoms with Gasteiger partial charge in [0.15, 0.2) is 4.90 Å². The Morgan fingerprint density at radius 3 is 2.47 bits per heavy atom. The van der Waals surface area contributed by atoms with Crippen LogP contribution < -0.4 is 5.32 Å². The third kappa shape index (κ3) is 6.71. The number of halogens is 2. The van der Waals surface area contributed by atoms with Crippen molar-refractivity contribution in [3.8, 4) is 0 Å². The van der Waals surface area contributed by atoms with Crippen LogP contribution >= 0.6 is 15.9 Å². The van der Waals surface area contributed by atoms with E-state index < -0.39 is 49.1 Å². The maximum atomic E-state index is 14.0. The molecule has 0 spiro atoms. The molecule has 32 heavy (non-hydrogen) atoms. The fourth-order valence-electron chi connectivity index (χ4n) is 2.81. The fraction of sp³-hybridized carbons (Fsp3) is 0.350. The molecule has 1 atom stereocenters. The highest BCUT2D eigenvalue weighted by molar-refractivity contribution is 9.10. The largest absolute Gasteiger partial charge is 0.444 e. The maximum absolute atomic E-state index is 14.0. The van der Waals surface area contributed by atoms with E-state index in [2.05, 4.69) is 21.2 Å². The third-order valence-corrected chi connectivity index (χ3v) is 6.50. The molecule has 0 aliphatic carbocycles. The summed E-state index contributed by atoms with van der Waals surface area (Å²) < 4.78 is 46.6. The summed E-state index contributed by atoms with van der Waals surface area (Å²) in [5, 5.41) is 13.8. The van der Waals surface area contributed by atoms with E-state index in [1.165, 1.54) is 31.3 Å². The topological polar surface area (TPSA) is 119 Å². The number of rotatable bonds is 7. The Morgan fingerprint density at radius 1 is 1.28 bits per heavy atom. The molecular weight excluding hydrogens is 509 g/mol. The molecule has 1 unspecified atom stereocenters. The molecule has 2 rings (SSSR count). The molecule has 0 fully saturated rings. The Hall–Kier alpha value is -2.57. The van der Waals surface area contributed by atoms with E-state index in [1.54, 1.807) is 20.8 Å². The summed E-state index contributed by atoms with van der Waals surface area (Å²) in [5.74, 6) is -0.602. The average Bonchev–Trinajstić information content (AvgIpc) is 2.65. The molecule has 0 aliphatic rings. The fourth-order valence-corrected chi connectivity index (χ4v) is 4.63. The maximum Gasteiger partial charge on any atom is 0.408 e. The number of para-hydroxylation sites is 1. The minimum atomic E-state index is -4.31. The van der Waals surface area contributed by atoms with Gasteiger partial charge in [-0.25, -0.2) is 17.6 Å². The SMILES string of the molecule is CN(CC(NC(=O)OC(C)(C)C)c1cc(F)cc(Br)c1)S(=O)(=O)c1ccccc1[N+](=O)[O-]. The highest BCUT2D eigenvalue weighted by Gasteiger charge is 2.32. The first-order chi connectivity index (χ1) is 14.7. The number of hydrogen-bond acceptors (Lipinski definition) is 6. The van der Waals surface area contributed by atoms with Gasteiger partial charge in [-0.1, -0.05) is 28.1 Å². The van der Waals surface area contributed by atoms with Crippen molar-refractivity contribution >= 4 is 37.7 Å². The van der Waals surface area contributed by atoms with Crippen LogP contribution in [0.1, 0.15) is 32.4 Å². The Bertz CT molecular complexity index is 1100. The molecule has 1 amide bonds. The van der Waals surface area contributed by atoms with Crippen molar-refractivity contribution in [3.05, 3.63) is 68.4 Å². The van der Waals surface area contributed by atoms with Gasteiger partial charge in [0.05, 0.1) is 11.0 Å². The number of ether oxygens (including phenoxy) is 1. The number of alkyl carbamates (subject to hydrolysis) is 1. The second-order valence-corrected chi connectivity index (χ2v) is 10.8. The third-order valence-electron chi connectivity index (χ3n) is 4.17. The van der Waals surface area contributed by atoms with Gasteiger partial charge < -0.3 is 10.1 Å². The van der Waals surface area contributed by atoms with Gasteiger partial charge in [0.25, 0.3) is 5.69 Å². The predicted molar refractivity (Wildman–Crippen MR) is 119 cm³/mol. The summed E-state index contributed by atoms with van der Waals surface area (Å²) in [5.41, 5.74) is -1.13. The van der Waals surface area contributed by atoms with Gasteiger partial charge in [-0.2, -0.15) is 4.31 Å². The molecule has 0 bridgehead atoms. The van der Waals surface area contributed by atoms with Gasteiger partial charge in [0, 0.05) is 24.1 Å². The number of amides is 1. The van der Waals surface area contributed by atoms with Crippen LogP contribution in [0, 0.1) is 15.9 Å². The lowest BCUT2D eigenvalue weighted by atomic mass is 10.1. The van der Waals surface area contributed by atoms with Gasteiger partial charge in [-0.15, -0.1) is 0 Å². The molecule has 0 saturated carbocycles. The number of likely N-dealkylation sites (N-methyl/N-ethyl adjacent to an activating group) is 1. The Balaban J connectivity index is 2.42. The zero-order valence-corrected chi connectivity index (χ0v) is 20.2. The number of benzene rings is 2. The monoisotopic (exact) mass is 531 g/mol. The number of nitrogens with zero attached hydrogens (tertiary/aromatic N) is 2. The van der Waals surface area contributed by atoms with E-state index in [-0.39, 0.29) is 12.1 Å². The molecule has 0 radical (unpaired) electrons. The Kier molecular flexibility index (Phi) is 7.97. The minimum absolute atomic E-state index is 0.271. The first-order valence-corrected chi connectivity index (χ1v) is 11.6. The first kappa shape index (κ1) is 25.7. The molecule has 12 heteroatoms. The van der Waals surface area contributed by atoms with E-state index in [1.807, 2.05) is 0 Å². The summed E-state index contributed by atoms with van der Waals surface area (Å²) in [4.78, 5) is 22.4. The van der Waals surface area contributed by atoms with Crippen molar-refractivity contribution in [2.45, 2.75) is 37.3 Å². The molecular formula is C20H23BrFN3O6S. The van der Waals surface area contributed by atoms with Crippen LogP contribution in [0.15, 0.2) is 51.8 Å². The summed E-state index contributed by atoms with van der Waals surface area (Å²) in [6.45, 7) is 4.63. The van der Waals surface area contributed by atoms with Crippen molar-refractivity contribution in [2.75, 3.05) is 13.6 Å². The van der Waals surface area contributed by atoms with Crippen molar-refractivity contribution in [2.24, 2.45) is 0 Å². The van der Waals surface area contributed by atoms with Crippen LogP contribution in [-0.2, 0) is 14.8 Å². The van der Waals surface area contributed by atoms with Gasteiger partial charge >= 0.3 is 6.09 Å². The normalized spacial score (nSPS) is 13.0. The molecule has 0 aliphatic heterocycles. The smallest absolute Gasteiger partial charge is 0.408 e. The highest BCUT2D eigenvalue weighted by atomic mass is 79.9. The molecule has 0 saturated heterocycles. The molecule has 1 N–H and O–H groups in total. The van der Waals surface area contributed by atoms with E-state index in [0.717, 1.165) is 22.5 Å².